The molecule has 148 valence electrons. The second-order valence-electron chi connectivity index (χ2n) is 7.49. The Morgan fingerprint density at radius 3 is 2.38 bits per heavy atom. The van der Waals surface area contributed by atoms with Crippen LogP contribution in [0.25, 0.3) is 10.9 Å². The number of ether oxygens (including phenoxy) is 2. The van der Waals surface area contributed by atoms with E-state index in [4.69, 9.17) is 9.47 Å². The minimum absolute atomic E-state index is 0.257. The highest BCUT2D eigenvalue weighted by molar-refractivity contribution is 6.23. The number of imide groups is 1. The largest absolute Gasteiger partial charge is 0.497 e. The zero-order valence-corrected chi connectivity index (χ0v) is 16.5. The molecule has 1 fully saturated rings. The van der Waals surface area contributed by atoms with Gasteiger partial charge in [0, 0.05) is 17.4 Å². The molecule has 3 heterocycles. The van der Waals surface area contributed by atoms with E-state index in [1.165, 1.54) is 4.90 Å². The Bertz CT molecular complexity index is 1150. The third-order valence-electron chi connectivity index (χ3n) is 6.10. The van der Waals surface area contributed by atoms with Crippen molar-refractivity contribution in [1.82, 2.24) is 9.88 Å². The maximum atomic E-state index is 13.6. The van der Waals surface area contributed by atoms with Gasteiger partial charge < -0.3 is 19.4 Å². The molecular formula is C22H21N3O4. The van der Waals surface area contributed by atoms with Gasteiger partial charge >= 0.3 is 6.03 Å². The van der Waals surface area contributed by atoms with E-state index in [2.05, 4.69) is 4.98 Å². The number of hydrogen-bond acceptors (Lipinski definition) is 4. The number of fused-ring (bicyclic) bond motifs is 5. The molecule has 0 bridgehead atoms. The average Bonchev–Trinajstić information content (AvgIpc) is 3.21. The Kier molecular flexibility index (Phi) is 3.65. The van der Waals surface area contributed by atoms with Gasteiger partial charge in [-0.15, -0.1) is 0 Å². The fraction of sp³-hybridized carbons (Fsp3) is 0.273. The Labute approximate surface area is 167 Å². The smallest absolute Gasteiger partial charge is 0.332 e. The van der Waals surface area contributed by atoms with E-state index < -0.39 is 5.54 Å². The first-order chi connectivity index (χ1) is 14.0. The fourth-order valence-corrected chi connectivity index (χ4v) is 4.50. The number of hydrogen-bond donors (Lipinski definition) is 1. The normalized spacial score (nSPS) is 20.8. The molecule has 1 atom stereocenters. The summed E-state index contributed by atoms with van der Waals surface area (Å²) in [6, 6.07) is 12.5. The molecule has 0 saturated carbocycles. The number of rotatable bonds is 3. The van der Waals surface area contributed by atoms with Crippen molar-refractivity contribution in [2.24, 2.45) is 0 Å². The molecule has 1 aromatic heterocycles. The highest BCUT2D eigenvalue weighted by atomic mass is 16.5. The molecule has 0 radical (unpaired) electrons. The summed E-state index contributed by atoms with van der Waals surface area (Å²) in [5.41, 5.74) is 2.24. The first-order valence-corrected chi connectivity index (χ1v) is 9.48. The Balaban J connectivity index is 1.64. The first-order valence-electron chi connectivity index (χ1n) is 9.48. The van der Waals surface area contributed by atoms with Gasteiger partial charge in [0.25, 0.3) is 5.91 Å². The molecule has 2 aliphatic rings. The first kappa shape index (κ1) is 17.6. The van der Waals surface area contributed by atoms with Crippen LogP contribution in [0.1, 0.15) is 18.2 Å². The van der Waals surface area contributed by atoms with Crippen LogP contribution in [-0.4, -0.2) is 42.6 Å². The molecule has 1 N–H and O–H groups in total. The lowest BCUT2D eigenvalue weighted by Gasteiger charge is -2.35. The van der Waals surface area contributed by atoms with Crippen molar-refractivity contribution in [1.29, 1.82) is 0 Å². The Hall–Kier alpha value is -3.48. The van der Waals surface area contributed by atoms with E-state index in [-0.39, 0.29) is 11.9 Å². The van der Waals surface area contributed by atoms with Crippen LogP contribution in [0.15, 0.2) is 42.5 Å². The van der Waals surface area contributed by atoms with Crippen LogP contribution in [0.5, 0.6) is 11.5 Å². The number of benzene rings is 2. The molecule has 2 aliphatic heterocycles. The van der Waals surface area contributed by atoms with Gasteiger partial charge in [-0.2, -0.15) is 0 Å². The summed E-state index contributed by atoms with van der Waals surface area (Å²) in [6.45, 7) is 2.30. The van der Waals surface area contributed by atoms with Crippen molar-refractivity contribution in [3.05, 3.63) is 53.7 Å². The molecule has 1 saturated heterocycles. The Morgan fingerprint density at radius 2 is 1.69 bits per heavy atom. The Morgan fingerprint density at radius 1 is 1.00 bits per heavy atom. The minimum atomic E-state index is -1.07. The van der Waals surface area contributed by atoms with E-state index in [9.17, 15) is 9.59 Å². The zero-order chi connectivity index (χ0) is 20.3. The third-order valence-corrected chi connectivity index (χ3v) is 6.10. The predicted molar refractivity (Wildman–Crippen MR) is 108 cm³/mol. The summed E-state index contributed by atoms with van der Waals surface area (Å²) in [7, 11) is 3.21. The number of H-pyrrole nitrogens is 1. The van der Waals surface area contributed by atoms with E-state index in [0.717, 1.165) is 27.9 Å². The standard InChI is InChI=1S/C22H21N3O4/c1-22-19-16(17-12-15(29-3)8-9-18(17)23-19)10-11-24(22)21(27)25(20(22)26)13-4-6-14(28-2)7-5-13/h4-9,12,23H,10-11H2,1-3H3/t22-/m1/s1. The van der Waals surface area contributed by atoms with Gasteiger partial charge in [0.15, 0.2) is 5.54 Å². The number of methoxy groups -OCH3 is 2. The van der Waals surface area contributed by atoms with Gasteiger partial charge in [-0.3, -0.25) is 4.79 Å². The highest BCUT2D eigenvalue weighted by Gasteiger charge is 2.59. The molecule has 3 amide bonds. The molecule has 5 rings (SSSR count). The number of carbonyl (C=O) groups is 2. The number of carbonyl (C=O) groups excluding carboxylic acids is 2. The number of nitrogens with one attached hydrogen (secondary N) is 1. The number of anilines is 1. The maximum absolute atomic E-state index is 13.6. The number of nitrogens with zero attached hydrogens (tertiary/aromatic N) is 2. The van der Waals surface area contributed by atoms with Crippen LogP contribution in [0.3, 0.4) is 0 Å². The van der Waals surface area contributed by atoms with Gasteiger partial charge in [0.05, 0.1) is 25.6 Å². The lowest BCUT2D eigenvalue weighted by atomic mass is 9.87. The second-order valence-corrected chi connectivity index (χ2v) is 7.49. The summed E-state index contributed by atoms with van der Waals surface area (Å²) in [4.78, 5) is 33.1. The lowest BCUT2D eigenvalue weighted by Crippen LogP contribution is -2.49. The quantitative estimate of drug-likeness (QED) is 0.694. The van der Waals surface area contributed by atoms with Crippen LogP contribution in [0.4, 0.5) is 10.5 Å². The molecular weight excluding hydrogens is 370 g/mol. The number of amides is 3. The van der Waals surface area contributed by atoms with Crippen LogP contribution >= 0.6 is 0 Å². The SMILES string of the molecule is COc1ccc(N2C(=O)N3CCc4c([nH]c5ccc(OC)cc45)[C@]3(C)C2=O)cc1. The van der Waals surface area contributed by atoms with Gasteiger partial charge in [-0.25, -0.2) is 9.69 Å². The van der Waals surface area contributed by atoms with Gasteiger partial charge in [-0.1, -0.05) is 0 Å². The summed E-state index contributed by atoms with van der Waals surface area (Å²) in [5.74, 6) is 1.18. The monoisotopic (exact) mass is 391 g/mol. The van der Waals surface area contributed by atoms with Crippen molar-refractivity contribution < 1.29 is 19.1 Å². The van der Waals surface area contributed by atoms with Crippen molar-refractivity contribution in [2.45, 2.75) is 18.9 Å². The molecule has 3 aromatic rings. The number of aromatic nitrogens is 1. The van der Waals surface area contributed by atoms with Crippen LogP contribution in [-0.2, 0) is 16.8 Å². The van der Waals surface area contributed by atoms with Crippen molar-refractivity contribution in [3.63, 3.8) is 0 Å². The van der Waals surface area contributed by atoms with E-state index in [1.54, 1.807) is 43.4 Å². The summed E-state index contributed by atoms with van der Waals surface area (Å²) >= 11 is 0. The summed E-state index contributed by atoms with van der Waals surface area (Å²) in [5, 5.41) is 1.03. The van der Waals surface area contributed by atoms with Crippen LogP contribution in [0.2, 0.25) is 0 Å². The van der Waals surface area contributed by atoms with Crippen molar-refractivity contribution >= 4 is 28.5 Å². The van der Waals surface area contributed by atoms with Crippen molar-refractivity contribution in [2.75, 3.05) is 25.7 Å². The molecule has 0 spiro atoms. The third kappa shape index (κ3) is 2.24. The fourth-order valence-electron chi connectivity index (χ4n) is 4.50. The van der Waals surface area contributed by atoms with E-state index in [1.807, 2.05) is 25.1 Å². The van der Waals surface area contributed by atoms with Gasteiger partial charge in [-0.05, 0) is 61.4 Å². The number of urea groups is 1. The zero-order valence-electron chi connectivity index (χ0n) is 16.5. The maximum Gasteiger partial charge on any atom is 0.332 e. The molecule has 0 aliphatic carbocycles. The van der Waals surface area contributed by atoms with Crippen LogP contribution in [0, 0.1) is 0 Å². The minimum Gasteiger partial charge on any atom is -0.497 e. The van der Waals surface area contributed by atoms with Crippen LogP contribution < -0.4 is 14.4 Å². The molecule has 7 heteroatoms. The van der Waals surface area contributed by atoms with Crippen molar-refractivity contribution in [3.8, 4) is 11.5 Å². The van der Waals surface area contributed by atoms with Gasteiger partial charge in [0.2, 0.25) is 0 Å². The summed E-state index contributed by atoms with van der Waals surface area (Å²) in [6.07, 6.45) is 0.674. The van der Waals surface area contributed by atoms with E-state index >= 15 is 0 Å². The second kappa shape index (κ2) is 6.01. The molecule has 29 heavy (non-hydrogen) atoms. The average molecular weight is 391 g/mol. The lowest BCUT2D eigenvalue weighted by molar-refractivity contribution is -0.125. The predicted octanol–water partition coefficient (Wildman–Crippen LogP) is 3.43. The topological polar surface area (TPSA) is 74.9 Å². The van der Waals surface area contributed by atoms with Gasteiger partial charge in [0.1, 0.15) is 11.5 Å². The number of aromatic amines is 1. The molecule has 0 unspecified atom stereocenters. The molecule has 2 aromatic carbocycles. The summed E-state index contributed by atoms with van der Waals surface area (Å²) < 4.78 is 10.5. The highest BCUT2D eigenvalue weighted by Crippen LogP contribution is 2.45. The molecule has 7 nitrogen and oxygen atoms in total. The van der Waals surface area contributed by atoms with E-state index in [0.29, 0.717) is 24.4 Å².